The molecule has 0 saturated heterocycles. The molecule has 0 amide bonds. The van der Waals surface area contributed by atoms with E-state index in [1.165, 1.54) is 59.2 Å². The van der Waals surface area contributed by atoms with Gasteiger partial charge in [-0.2, -0.15) is 0 Å². The summed E-state index contributed by atoms with van der Waals surface area (Å²) < 4.78 is 0. The molecule has 0 aromatic heterocycles. The van der Waals surface area contributed by atoms with Crippen LogP contribution in [0.15, 0.2) is 23.8 Å². The molecular formula is C21H27NSi. The van der Waals surface area contributed by atoms with Crippen molar-refractivity contribution in [3.05, 3.63) is 45.3 Å². The molecule has 0 unspecified atom stereocenters. The van der Waals surface area contributed by atoms with Gasteiger partial charge < -0.3 is 4.98 Å². The van der Waals surface area contributed by atoms with Crippen LogP contribution in [0.1, 0.15) is 50.2 Å². The van der Waals surface area contributed by atoms with E-state index in [4.69, 9.17) is 0 Å². The molecule has 3 aliphatic rings. The Morgan fingerprint density at radius 2 is 1.83 bits per heavy atom. The molecule has 120 valence electrons. The van der Waals surface area contributed by atoms with Gasteiger partial charge in [-0.1, -0.05) is 56.7 Å². The van der Waals surface area contributed by atoms with E-state index in [0.29, 0.717) is 0 Å². The molecule has 0 spiro atoms. The Hall–Kier alpha value is -1.38. The van der Waals surface area contributed by atoms with Crippen molar-refractivity contribution in [3.8, 4) is 0 Å². The topological polar surface area (TPSA) is 12.0 Å². The quantitative estimate of drug-likeness (QED) is 0.837. The Morgan fingerprint density at radius 1 is 1.04 bits per heavy atom. The maximum absolute atomic E-state index is 4.11. The van der Waals surface area contributed by atoms with Gasteiger partial charge in [-0.25, -0.2) is 0 Å². The molecule has 0 bridgehead atoms. The van der Waals surface area contributed by atoms with E-state index >= 15 is 0 Å². The Kier molecular flexibility index (Phi) is 3.70. The normalized spacial score (nSPS) is 20.3. The van der Waals surface area contributed by atoms with E-state index < -0.39 is 8.24 Å². The van der Waals surface area contributed by atoms with E-state index in [2.05, 4.69) is 61.4 Å². The predicted octanol–water partition coefficient (Wildman–Crippen LogP) is 3.73. The van der Waals surface area contributed by atoms with Crippen molar-refractivity contribution in [2.45, 2.75) is 58.2 Å². The SMILES string of the molecule is CC1=Cc2cc3c(cc2=C1[Si](C)(C)NC1CCCCC1)C=CC=3. The van der Waals surface area contributed by atoms with E-state index in [9.17, 15) is 0 Å². The van der Waals surface area contributed by atoms with Gasteiger partial charge in [0.05, 0.1) is 0 Å². The largest absolute Gasteiger partial charge is 0.331 e. The van der Waals surface area contributed by atoms with Gasteiger partial charge in [0.2, 0.25) is 0 Å². The maximum atomic E-state index is 4.11. The van der Waals surface area contributed by atoms with E-state index in [-0.39, 0.29) is 0 Å². The molecule has 0 atom stereocenters. The van der Waals surface area contributed by atoms with Crippen LogP contribution in [-0.2, 0) is 0 Å². The summed E-state index contributed by atoms with van der Waals surface area (Å²) in [5, 5.41) is 4.48. The van der Waals surface area contributed by atoms with Crippen LogP contribution in [0.3, 0.4) is 0 Å². The van der Waals surface area contributed by atoms with E-state index in [1.807, 2.05) is 0 Å². The van der Waals surface area contributed by atoms with Crippen LogP contribution in [0.5, 0.6) is 0 Å². The van der Waals surface area contributed by atoms with Crippen LogP contribution in [0.4, 0.5) is 0 Å². The van der Waals surface area contributed by atoms with E-state index in [1.54, 1.807) is 5.20 Å². The average molecular weight is 322 g/mol. The van der Waals surface area contributed by atoms with Crippen molar-refractivity contribution in [2.24, 2.45) is 0 Å². The molecule has 1 nitrogen and oxygen atoms in total. The minimum absolute atomic E-state index is 0.734. The summed E-state index contributed by atoms with van der Waals surface area (Å²) in [5.74, 6) is 0. The zero-order chi connectivity index (χ0) is 16.0. The Balaban J connectivity index is 1.76. The standard InChI is InChI=1S/C21H27NSi/c1-15-12-18-13-16-8-7-9-17(16)14-20(18)21(15)23(2,3)22-19-10-5-4-6-11-19/h7-9,12-14,19,22H,4-6,10-11H2,1-3H3. The first-order chi connectivity index (χ1) is 11.0. The maximum Gasteiger partial charge on any atom is 0.152 e. The second-order valence-electron chi connectivity index (χ2n) is 7.90. The molecule has 0 heterocycles. The Labute approximate surface area is 140 Å². The van der Waals surface area contributed by atoms with Crippen molar-refractivity contribution in [1.29, 1.82) is 0 Å². The van der Waals surface area contributed by atoms with Crippen LogP contribution in [0.25, 0.3) is 23.4 Å². The fourth-order valence-corrected chi connectivity index (χ4v) is 8.11. The third kappa shape index (κ3) is 2.68. The summed E-state index contributed by atoms with van der Waals surface area (Å²) in [5.41, 5.74) is 4.28. The molecule has 3 aliphatic carbocycles. The molecule has 0 radical (unpaired) electrons. The Morgan fingerprint density at radius 3 is 2.61 bits per heavy atom. The summed E-state index contributed by atoms with van der Waals surface area (Å²) in [7, 11) is -1.64. The molecule has 1 N–H and O–H groups in total. The van der Waals surface area contributed by atoms with Gasteiger partial charge in [-0.05, 0) is 64.2 Å². The number of rotatable bonds is 3. The first kappa shape index (κ1) is 15.2. The minimum Gasteiger partial charge on any atom is -0.331 e. The van der Waals surface area contributed by atoms with Crippen LogP contribution in [-0.4, -0.2) is 14.3 Å². The van der Waals surface area contributed by atoms with Gasteiger partial charge in [0.15, 0.2) is 8.24 Å². The molecule has 2 heteroatoms. The highest BCUT2D eigenvalue weighted by Crippen LogP contribution is 2.29. The predicted molar refractivity (Wildman–Crippen MR) is 104 cm³/mol. The molecule has 1 aromatic carbocycles. The zero-order valence-electron chi connectivity index (χ0n) is 14.6. The fraction of sp³-hybridized carbons (Fsp3) is 0.429. The first-order valence-electron chi connectivity index (χ1n) is 9.08. The summed E-state index contributed by atoms with van der Waals surface area (Å²) in [6.45, 7) is 7.30. The summed E-state index contributed by atoms with van der Waals surface area (Å²) >= 11 is 0. The van der Waals surface area contributed by atoms with Gasteiger partial charge in [-0.3, -0.25) is 0 Å². The third-order valence-electron chi connectivity index (χ3n) is 5.64. The lowest BCUT2D eigenvalue weighted by Crippen LogP contribution is -2.53. The van der Waals surface area contributed by atoms with Crippen molar-refractivity contribution < 1.29 is 0 Å². The monoisotopic (exact) mass is 321 g/mol. The average Bonchev–Trinajstić information content (AvgIpc) is 3.07. The van der Waals surface area contributed by atoms with Crippen molar-refractivity contribution in [3.63, 3.8) is 0 Å². The van der Waals surface area contributed by atoms with Gasteiger partial charge in [-0.15, -0.1) is 0 Å². The number of hydrogen-bond acceptors (Lipinski definition) is 1. The van der Waals surface area contributed by atoms with Crippen LogP contribution >= 0.6 is 0 Å². The number of nitrogens with one attached hydrogen (secondary N) is 1. The van der Waals surface area contributed by atoms with E-state index in [0.717, 1.165) is 6.04 Å². The van der Waals surface area contributed by atoms with Crippen LogP contribution < -0.4 is 15.4 Å². The van der Waals surface area contributed by atoms with Crippen molar-refractivity contribution in [1.82, 2.24) is 4.98 Å². The molecule has 1 saturated carbocycles. The van der Waals surface area contributed by atoms with Gasteiger partial charge in [0, 0.05) is 6.04 Å². The molecule has 23 heavy (non-hydrogen) atoms. The molecule has 0 aliphatic heterocycles. The second-order valence-corrected chi connectivity index (χ2v) is 11.9. The zero-order valence-corrected chi connectivity index (χ0v) is 15.6. The number of allylic oxidation sites excluding steroid dienone is 2. The Bertz CT molecular complexity index is 820. The number of fused-ring (bicyclic) bond motifs is 2. The minimum atomic E-state index is -1.64. The summed E-state index contributed by atoms with van der Waals surface area (Å²) in [6, 6.07) is 5.52. The van der Waals surface area contributed by atoms with Crippen LogP contribution in [0, 0.1) is 0 Å². The first-order valence-corrected chi connectivity index (χ1v) is 12.1. The van der Waals surface area contributed by atoms with Crippen molar-refractivity contribution >= 4 is 31.7 Å². The lowest BCUT2D eigenvalue weighted by atomic mass is 9.96. The molecule has 1 aromatic rings. The van der Waals surface area contributed by atoms with Gasteiger partial charge in [0.1, 0.15) is 0 Å². The summed E-state index contributed by atoms with van der Waals surface area (Å²) in [4.78, 5) is 4.11. The summed E-state index contributed by atoms with van der Waals surface area (Å²) in [6.07, 6.45) is 16.0. The smallest absolute Gasteiger partial charge is 0.152 e. The highest BCUT2D eigenvalue weighted by atomic mass is 28.3. The highest BCUT2D eigenvalue weighted by molar-refractivity contribution is 6.92. The van der Waals surface area contributed by atoms with Crippen LogP contribution in [0.2, 0.25) is 13.1 Å². The number of benzene rings is 1. The second kappa shape index (κ2) is 5.61. The van der Waals surface area contributed by atoms with Crippen molar-refractivity contribution in [2.75, 3.05) is 0 Å². The third-order valence-corrected chi connectivity index (χ3v) is 8.68. The lowest BCUT2D eigenvalue weighted by Gasteiger charge is -2.34. The van der Waals surface area contributed by atoms with Gasteiger partial charge >= 0.3 is 0 Å². The number of hydrogen-bond donors (Lipinski definition) is 1. The molecule has 1 fully saturated rings. The highest BCUT2D eigenvalue weighted by Gasteiger charge is 2.33. The molecule has 4 rings (SSSR count). The molecular weight excluding hydrogens is 294 g/mol. The lowest BCUT2D eigenvalue weighted by molar-refractivity contribution is 0.415. The fourth-order valence-electron chi connectivity index (χ4n) is 4.71. The van der Waals surface area contributed by atoms with Gasteiger partial charge in [0.25, 0.3) is 0 Å².